The fraction of sp³-hybridized carbons (Fsp3) is 0.600. The molecule has 2 amide bonds. The molecule has 26 heavy (non-hydrogen) atoms. The zero-order valence-electron chi connectivity index (χ0n) is 16.2. The van der Waals surface area contributed by atoms with Crippen molar-refractivity contribution in [3.63, 3.8) is 0 Å². The lowest BCUT2D eigenvalue weighted by atomic mass is 10.0. The van der Waals surface area contributed by atoms with Crippen LogP contribution >= 0.6 is 0 Å². The molecule has 0 aliphatic carbocycles. The molecule has 6 nitrogen and oxygen atoms in total. The first-order valence-corrected chi connectivity index (χ1v) is 9.18. The van der Waals surface area contributed by atoms with Gasteiger partial charge in [-0.25, -0.2) is 4.79 Å². The topological polar surface area (TPSA) is 67.9 Å². The number of hydrogen-bond donors (Lipinski definition) is 1. The van der Waals surface area contributed by atoms with Crippen molar-refractivity contribution in [1.29, 1.82) is 0 Å². The molecule has 0 spiro atoms. The first-order valence-electron chi connectivity index (χ1n) is 9.18. The van der Waals surface area contributed by atoms with Crippen LogP contribution in [0.1, 0.15) is 46.1 Å². The fourth-order valence-corrected chi connectivity index (χ4v) is 2.84. The number of amides is 2. The van der Waals surface area contributed by atoms with Crippen LogP contribution in [0.4, 0.5) is 4.79 Å². The standard InChI is InChI=1S/C20H30N2O4/c1-15(25-14-16-8-6-5-7-9-16)18(23)22-12-10-17(11-13-22)21-19(24)26-20(2,3)4/h5-9,15,17H,10-14H2,1-4H3,(H,21,24)/t15-/m1/s1. The Hall–Kier alpha value is -2.08. The van der Waals surface area contributed by atoms with Crippen LogP contribution in [0, 0.1) is 0 Å². The first-order chi connectivity index (χ1) is 12.2. The van der Waals surface area contributed by atoms with Gasteiger partial charge in [0.2, 0.25) is 0 Å². The molecule has 0 aromatic heterocycles. The Kier molecular flexibility index (Phi) is 7.03. The molecule has 6 heteroatoms. The third-order valence-corrected chi connectivity index (χ3v) is 4.22. The van der Waals surface area contributed by atoms with Gasteiger partial charge in [0.05, 0.1) is 6.61 Å². The van der Waals surface area contributed by atoms with Gasteiger partial charge in [-0.3, -0.25) is 4.79 Å². The van der Waals surface area contributed by atoms with Gasteiger partial charge in [0.25, 0.3) is 5.91 Å². The van der Waals surface area contributed by atoms with E-state index in [-0.39, 0.29) is 11.9 Å². The van der Waals surface area contributed by atoms with Crippen molar-refractivity contribution < 1.29 is 19.1 Å². The quantitative estimate of drug-likeness (QED) is 0.874. The van der Waals surface area contributed by atoms with Gasteiger partial charge in [-0.05, 0) is 46.1 Å². The fourth-order valence-electron chi connectivity index (χ4n) is 2.84. The number of likely N-dealkylation sites (tertiary alicyclic amines) is 1. The SMILES string of the molecule is C[C@@H](OCc1ccccc1)C(=O)N1CCC(NC(=O)OC(C)(C)C)CC1. The highest BCUT2D eigenvalue weighted by atomic mass is 16.6. The molecule has 1 aromatic rings. The van der Waals surface area contributed by atoms with Gasteiger partial charge < -0.3 is 19.7 Å². The maximum atomic E-state index is 12.5. The molecule has 0 unspecified atom stereocenters. The summed E-state index contributed by atoms with van der Waals surface area (Å²) in [5, 5.41) is 2.88. The van der Waals surface area contributed by atoms with Crippen molar-refractivity contribution >= 4 is 12.0 Å². The number of piperidine rings is 1. The number of carbonyl (C=O) groups is 2. The molecule has 1 N–H and O–H groups in total. The van der Waals surface area contributed by atoms with E-state index in [4.69, 9.17) is 9.47 Å². The summed E-state index contributed by atoms with van der Waals surface area (Å²) < 4.78 is 11.0. The lowest BCUT2D eigenvalue weighted by Gasteiger charge is -2.34. The van der Waals surface area contributed by atoms with E-state index < -0.39 is 17.8 Å². The second-order valence-corrected chi connectivity index (χ2v) is 7.68. The van der Waals surface area contributed by atoms with Crippen molar-refractivity contribution in [3.8, 4) is 0 Å². The minimum absolute atomic E-state index is 0.00310. The van der Waals surface area contributed by atoms with Crippen LogP contribution in [-0.2, 0) is 20.9 Å². The van der Waals surface area contributed by atoms with Crippen LogP contribution < -0.4 is 5.32 Å². The van der Waals surface area contributed by atoms with Crippen molar-refractivity contribution in [1.82, 2.24) is 10.2 Å². The van der Waals surface area contributed by atoms with Gasteiger partial charge in [-0.1, -0.05) is 30.3 Å². The molecule has 1 fully saturated rings. The lowest BCUT2D eigenvalue weighted by molar-refractivity contribution is -0.144. The van der Waals surface area contributed by atoms with Gasteiger partial charge >= 0.3 is 6.09 Å². The molecule has 2 rings (SSSR count). The smallest absolute Gasteiger partial charge is 0.407 e. The Bertz CT molecular complexity index is 590. The summed E-state index contributed by atoms with van der Waals surface area (Å²) in [7, 11) is 0. The number of nitrogens with one attached hydrogen (secondary N) is 1. The monoisotopic (exact) mass is 362 g/mol. The lowest BCUT2D eigenvalue weighted by Crippen LogP contribution is -2.49. The first kappa shape index (κ1) is 20.2. The highest BCUT2D eigenvalue weighted by Gasteiger charge is 2.28. The molecule has 1 saturated heterocycles. The molecule has 1 heterocycles. The summed E-state index contributed by atoms with van der Waals surface area (Å²) in [6, 6.07) is 9.85. The Balaban J connectivity index is 1.72. The molecule has 144 valence electrons. The van der Waals surface area contributed by atoms with Crippen LogP contribution in [0.5, 0.6) is 0 Å². The van der Waals surface area contributed by atoms with Crippen molar-refractivity contribution in [2.24, 2.45) is 0 Å². The van der Waals surface area contributed by atoms with E-state index in [2.05, 4.69) is 5.32 Å². The molecule has 0 saturated carbocycles. The van der Waals surface area contributed by atoms with Gasteiger partial charge in [-0.15, -0.1) is 0 Å². The second kappa shape index (κ2) is 9.03. The summed E-state index contributed by atoms with van der Waals surface area (Å²) in [6.07, 6.45) is 0.555. The predicted octanol–water partition coefficient (Wildman–Crippen LogP) is 3.11. The number of ether oxygens (including phenoxy) is 2. The average Bonchev–Trinajstić information content (AvgIpc) is 2.59. The maximum Gasteiger partial charge on any atom is 0.407 e. The number of hydrogen-bond acceptors (Lipinski definition) is 4. The largest absolute Gasteiger partial charge is 0.444 e. The van der Waals surface area contributed by atoms with Crippen LogP contribution in [0.15, 0.2) is 30.3 Å². The van der Waals surface area contributed by atoms with E-state index in [1.54, 1.807) is 6.92 Å². The minimum atomic E-state index is -0.508. The van der Waals surface area contributed by atoms with E-state index in [1.165, 1.54) is 0 Å². The van der Waals surface area contributed by atoms with Gasteiger partial charge in [0.1, 0.15) is 11.7 Å². The summed E-state index contributed by atoms with van der Waals surface area (Å²) in [6.45, 7) is 8.94. The van der Waals surface area contributed by atoms with Crippen molar-refractivity contribution in [2.45, 2.75) is 64.9 Å². The number of alkyl carbamates (subject to hydrolysis) is 1. The van der Waals surface area contributed by atoms with Crippen LogP contribution in [0.2, 0.25) is 0 Å². The summed E-state index contributed by atoms with van der Waals surface area (Å²) in [4.78, 5) is 26.2. The van der Waals surface area contributed by atoms with Gasteiger partial charge in [-0.2, -0.15) is 0 Å². The Morgan fingerprint density at radius 2 is 1.81 bits per heavy atom. The number of benzene rings is 1. The molecule has 1 aromatic carbocycles. The van der Waals surface area contributed by atoms with Gasteiger partial charge in [0, 0.05) is 19.1 Å². The highest BCUT2D eigenvalue weighted by Crippen LogP contribution is 2.15. The normalized spacial score (nSPS) is 16.8. The third kappa shape index (κ3) is 6.67. The van der Waals surface area contributed by atoms with E-state index in [0.29, 0.717) is 19.7 Å². The molecule has 1 aliphatic rings. The minimum Gasteiger partial charge on any atom is -0.444 e. The second-order valence-electron chi connectivity index (χ2n) is 7.68. The Morgan fingerprint density at radius 3 is 2.38 bits per heavy atom. The average molecular weight is 362 g/mol. The molecule has 0 bridgehead atoms. The maximum absolute atomic E-state index is 12.5. The summed E-state index contributed by atoms with van der Waals surface area (Å²) in [5.41, 5.74) is 0.541. The van der Waals surface area contributed by atoms with E-state index in [0.717, 1.165) is 18.4 Å². The van der Waals surface area contributed by atoms with E-state index in [1.807, 2.05) is 56.0 Å². The summed E-state index contributed by atoms with van der Waals surface area (Å²) >= 11 is 0. The van der Waals surface area contributed by atoms with Crippen LogP contribution in [0.3, 0.4) is 0 Å². The summed E-state index contributed by atoms with van der Waals surface area (Å²) in [5.74, 6) is -0.00310. The van der Waals surface area contributed by atoms with Crippen LogP contribution in [-0.4, -0.2) is 47.7 Å². The zero-order chi connectivity index (χ0) is 19.2. The van der Waals surface area contributed by atoms with E-state index in [9.17, 15) is 9.59 Å². The number of carbonyl (C=O) groups excluding carboxylic acids is 2. The molecular formula is C20H30N2O4. The molecule has 1 atom stereocenters. The molecule has 1 aliphatic heterocycles. The van der Waals surface area contributed by atoms with Crippen molar-refractivity contribution in [2.75, 3.05) is 13.1 Å². The number of nitrogens with zero attached hydrogens (tertiary/aromatic N) is 1. The van der Waals surface area contributed by atoms with Gasteiger partial charge in [0.15, 0.2) is 0 Å². The van der Waals surface area contributed by atoms with Crippen LogP contribution in [0.25, 0.3) is 0 Å². The Morgan fingerprint density at radius 1 is 1.19 bits per heavy atom. The molecule has 0 radical (unpaired) electrons. The van der Waals surface area contributed by atoms with E-state index >= 15 is 0 Å². The molecular weight excluding hydrogens is 332 g/mol. The zero-order valence-corrected chi connectivity index (χ0v) is 16.2. The number of rotatable bonds is 5. The van der Waals surface area contributed by atoms with Crippen molar-refractivity contribution in [3.05, 3.63) is 35.9 Å². The predicted molar refractivity (Wildman–Crippen MR) is 99.7 cm³/mol. The third-order valence-electron chi connectivity index (χ3n) is 4.22. The highest BCUT2D eigenvalue weighted by molar-refractivity contribution is 5.80. The Labute approximate surface area is 155 Å².